The van der Waals surface area contributed by atoms with Gasteiger partial charge in [-0.15, -0.1) is 0 Å². The van der Waals surface area contributed by atoms with Crippen molar-refractivity contribution in [3.63, 3.8) is 0 Å². The first-order valence-electron chi connectivity index (χ1n) is 6.62. The highest BCUT2D eigenvalue weighted by Crippen LogP contribution is 2.18. The molecule has 2 rings (SSSR count). The number of carbonyl (C=O) groups excluding carboxylic acids is 1. The molecule has 100 valence electrons. The number of carbonyl (C=O) groups is 1. The molecule has 0 radical (unpaired) electrons. The molecular weight excluding hydrogens is 228 g/mol. The zero-order valence-corrected chi connectivity index (χ0v) is 11.1. The lowest BCUT2D eigenvalue weighted by atomic mass is 9.90. The molecule has 1 amide bonds. The molecule has 0 saturated carbocycles. The van der Waals surface area contributed by atoms with E-state index in [-0.39, 0.29) is 11.9 Å². The number of hydrogen-bond donors (Lipinski definition) is 2. The lowest BCUT2D eigenvalue weighted by Crippen LogP contribution is -2.58. The van der Waals surface area contributed by atoms with Gasteiger partial charge in [0.2, 0.25) is 5.91 Å². The summed E-state index contributed by atoms with van der Waals surface area (Å²) in [6.07, 6.45) is 8.61. The fourth-order valence-electron chi connectivity index (χ4n) is 2.39. The van der Waals surface area contributed by atoms with Crippen molar-refractivity contribution in [2.45, 2.75) is 51.2 Å². The molecule has 1 aromatic rings. The third-order valence-electron chi connectivity index (χ3n) is 3.54. The molecule has 2 unspecified atom stereocenters. The number of imidazole rings is 1. The minimum atomic E-state index is -0.401. The maximum absolute atomic E-state index is 12.3. The summed E-state index contributed by atoms with van der Waals surface area (Å²) in [7, 11) is 0. The van der Waals surface area contributed by atoms with E-state index in [9.17, 15) is 4.79 Å². The Morgan fingerprint density at radius 2 is 2.44 bits per heavy atom. The summed E-state index contributed by atoms with van der Waals surface area (Å²) in [6, 6.07) is 0.104. The van der Waals surface area contributed by atoms with E-state index in [4.69, 9.17) is 0 Å². The first kappa shape index (κ1) is 13.1. The van der Waals surface area contributed by atoms with E-state index < -0.39 is 5.54 Å². The molecule has 2 atom stereocenters. The van der Waals surface area contributed by atoms with E-state index in [1.54, 1.807) is 12.5 Å². The second-order valence-electron chi connectivity index (χ2n) is 5.35. The van der Waals surface area contributed by atoms with Crippen LogP contribution in [0.1, 0.15) is 33.1 Å². The van der Waals surface area contributed by atoms with E-state index in [2.05, 4.69) is 15.6 Å². The predicted octanol–water partition coefficient (Wildman–Crippen LogP) is 0.920. The largest absolute Gasteiger partial charge is 0.350 e. The fourth-order valence-corrected chi connectivity index (χ4v) is 2.39. The Kier molecular flexibility index (Phi) is 4.01. The average molecular weight is 250 g/mol. The highest BCUT2D eigenvalue weighted by atomic mass is 16.2. The van der Waals surface area contributed by atoms with Gasteiger partial charge in [0.15, 0.2) is 0 Å². The lowest BCUT2D eigenvalue weighted by Gasteiger charge is -2.34. The van der Waals surface area contributed by atoms with Crippen LogP contribution in [0.2, 0.25) is 0 Å². The van der Waals surface area contributed by atoms with Gasteiger partial charge in [0.1, 0.15) is 0 Å². The highest BCUT2D eigenvalue weighted by Gasteiger charge is 2.34. The topological polar surface area (TPSA) is 59.0 Å². The van der Waals surface area contributed by atoms with E-state index in [0.29, 0.717) is 0 Å². The van der Waals surface area contributed by atoms with Crippen molar-refractivity contribution >= 4 is 5.91 Å². The zero-order chi connectivity index (χ0) is 13.0. The van der Waals surface area contributed by atoms with Crippen molar-refractivity contribution in [1.29, 1.82) is 0 Å². The molecule has 2 N–H and O–H groups in total. The van der Waals surface area contributed by atoms with Gasteiger partial charge in [-0.1, -0.05) is 0 Å². The second kappa shape index (κ2) is 5.52. The highest BCUT2D eigenvalue weighted by molar-refractivity contribution is 5.86. The smallest absolute Gasteiger partial charge is 0.240 e. The SMILES string of the molecule is CC(Cn1ccnc1)NC(=O)C1(C)CCCCN1. The van der Waals surface area contributed by atoms with E-state index in [1.165, 1.54) is 0 Å². The first-order chi connectivity index (χ1) is 8.60. The van der Waals surface area contributed by atoms with Crippen LogP contribution < -0.4 is 10.6 Å². The number of nitrogens with zero attached hydrogens (tertiary/aromatic N) is 2. The Hall–Kier alpha value is -1.36. The van der Waals surface area contributed by atoms with Gasteiger partial charge < -0.3 is 15.2 Å². The molecule has 5 nitrogen and oxygen atoms in total. The van der Waals surface area contributed by atoms with Crippen LogP contribution in [0.5, 0.6) is 0 Å². The van der Waals surface area contributed by atoms with Crippen LogP contribution in [0, 0.1) is 0 Å². The van der Waals surface area contributed by atoms with Crippen molar-refractivity contribution in [2.24, 2.45) is 0 Å². The Balaban J connectivity index is 1.86. The third-order valence-corrected chi connectivity index (χ3v) is 3.54. The average Bonchev–Trinajstić information content (AvgIpc) is 2.82. The van der Waals surface area contributed by atoms with Crippen LogP contribution in [0.15, 0.2) is 18.7 Å². The molecule has 1 aromatic heterocycles. The Morgan fingerprint density at radius 1 is 1.61 bits per heavy atom. The second-order valence-corrected chi connectivity index (χ2v) is 5.35. The van der Waals surface area contributed by atoms with E-state index in [0.717, 1.165) is 32.4 Å². The summed E-state index contributed by atoms with van der Waals surface area (Å²) in [5.41, 5.74) is -0.401. The molecule has 0 bridgehead atoms. The molecule has 1 fully saturated rings. The number of piperidine rings is 1. The van der Waals surface area contributed by atoms with Gasteiger partial charge in [-0.25, -0.2) is 4.98 Å². The fraction of sp³-hybridized carbons (Fsp3) is 0.692. The van der Waals surface area contributed by atoms with Crippen LogP contribution in [0.3, 0.4) is 0 Å². The molecule has 0 aromatic carbocycles. The molecule has 18 heavy (non-hydrogen) atoms. The molecule has 0 spiro atoms. The number of hydrogen-bond acceptors (Lipinski definition) is 3. The van der Waals surface area contributed by atoms with Crippen LogP contribution in [0.25, 0.3) is 0 Å². The number of nitrogens with one attached hydrogen (secondary N) is 2. The Labute approximate surface area is 108 Å². The maximum atomic E-state index is 12.3. The van der Waals surface area contributed by atoms with E-state index in [1.807, 2.05) is 24.6 Å². The minimum Gasteiger partial charge on any atom is -0.350 e. The van der Waals surface area contributed by atoms with Crippen molar-refractivity contribution in [1.82, 2.24) is 20.2 Å². The zero-order valence-electron chi connectivity index (χ0n) is 11.1. The molecular formula is C13H22N4O. The summed E-state index contributed by atoms with van der Waals surface area (Å²) in [5, 5.41) is 6.41. The summed E-state index contributed by atoms with van der Waals surface area (Å²) in [4.78, 5) is 16.3. The molecule has 2 heterocycles. The van der Waals surface area contributed by atoms with Crippen LogP contribution in [0.4, 0.5) is 0 Å². The minimum absolute atomic E-state index is 0.104. The maximum Gasteiger partial charge on any atom is 0.240 e. The lowest BCUT2D eigenvalue weighted by molar-refractivity contribution is -0.128. The number of rotatable bonds is 4. The normalized spacial score (nSPS) is 25.7. The quantitative estimate of drug-likeness (QED) is 0.835. The third kappa shape index (κ3) is 3.10. The molecule has 0 aliphatic carbocycles. The van der Waals surface area contributed by atoms with Crippen molar-refractivity contribution in [3.05, 3.63) is 18.7 Å². The van der Waals surface area contributed by atoms with Crippen molar-refractivity contribution in [2.75, 3.05) is 6.54 Å². The van der Waals surface area contributed by atoms with Crippen LogP contribution in [-0.2, 0) is 11.3 Å². The summed E-state index contributed by atoms with van der Waals surface area (Å²) < 4.78 is 1.97. The first-order valence-corrected chi connectivity index (χ1v) is 6.62. The molecule has 1 saturated heterocycles. The standard InChI is InChI=1S/C13H22N4O/c1-11(9-17-8-7-14-10-17)16-12(18)13(2)5-3-4-6-15-13/h7-8,10-11,15H,3-6,9H2,1-2H3,(H,16,18). The van der Waals surface area contributed by atoms with Crippen LogP contribution in [-0.4, -0.2) is 33.6 Å². The Morgan fingerprint density at radius 3 is 3.06 bits per heavy atom. The number of amides is 1. The van der Waals surface area contributed by atoms with Gasteiger partial charge in [-0.05, 0) is 39.7 Å². The van der Waals surface area contributed by atoms with Crippen molar-refractivity contribution in [3.8, 4) is 0 Å². The summed E-state index contributed by atoms with van der Waals surface area (Å²) in [5.74, 6) is 0.106. The van der Waals surface area contributed by atoms with E-state index >= 15 is 0 Å². The van der Waals surface area contributed by atoms with Gasteiger partial charge in [0.05, 0.1) is 11.9 Å². The molecule has 1 aliphatic rings. The molecule has 1 aliphatic heterocycles. The van der Waals surface area contributed by atoms with Crippen LogP contribution >= 0.6 is 0 Å². The van der Waals surface area contributed by atoms with Gasteiger partial charge in [0.25, 0.3) is 0 Å². The molecule has 5 heteroatoms. The van der Waals surface area contributed by atoms with Gasteiger partial charge in [-0.3, -0.25) is 4.79 Å². The van der Waals surface area contributed by atoms with Gasteiger partial charge in [-0.2, -0.15) is 0 Å². The van der Waals surface area contributed by atoms with Gasteiger partial charge in [0, 0.05) is 25.0 Å². The monoisotopic (exact) mass is 250 g/mol. The Bertz CT molecular complexity index is 382. The van der Waals surface area contributed by atoms with Gasteiger partial charge >= 0.3 is 0 Å². The van der Waals surface area contributed by atoms with Crippen molar-refractivity contribution < 1.29 is 4.79 Å². The predicted molar refractivity (Wildman–Crippen MR) is 70.1 cm³/mol. The summed E-state index contributed by atoms with van der Waals surface area (Å²) >= 11 is 0. The number of aromatic nitrogens is 2. The summed E-state index contributed by atoms with van der Waals surface area (Å²) in [6.45, 7) is 5.69.